The van der Waals surface area contributed by atoms with Crippen LogP contribution in [0.4, 0.5) is 0 Å². The molecule has 2 aromatic heterocycles. The van der Waals surface area contributed by atoms with Crippen LogP contribution in [0.2, 0.25) is 0 Å². The Labute approximate surface area is 153 Å². The van der Waals surface area contributed by atoms with Gasteiger partial charge in [-0.3, -0.25) is 0 Å². The van der Waals surface area contributed by atoms with Gasteiger partial charge in [0, 0.05) is 25.1 Å². The molecule has 1 aromatic carbocycles. The molecule has 0 saturated heterocycles. The van der Waals surface area contributed by atoms with E-state index in [4.69, 9.17) is 8.83 Å². The predicted molar refractivity (Wildman–Crippen MR) is 102 cm³/mol. The first-order valence-corrected chi connectivity index (χ1v) is 8.81. The van der Waals surface area contributed by atoms with Gasteiger partial charge in [-0.25, -0.2) is 9.98 Å². The van der Waals surface area contributed by atoms with Crippen LogP contribution in [-0.4, -0.2) is 24.0 Å². The van der Waals surface area contributed by atoms with Gasteiger partial charge in [-0.1, -0.05) is 29.8 Å². The highest BCUT2D eigenvalue weighted by Crippen LogP contribution is 2.20. The summed E-state index contributed by atoms with van der Waals surface area (Å²) in [6.07, 6.45) is 4.23. The zero-order valence-electron chi connectivity index (χ0n) is 15.2. The van der Waals surface area contributed by atoms with Crippen molar-refractivity contribution >= 4 is 5.96 Å². The second-order valence-corrected chi connectivity index (χ2v) is 5.94. The quantitative estimate of drug-likeness (QED) is 0.502. The van der Waals surface area contributed by atoms with Crippen molar-refractivity contribution in [2.24, 2.45) is 4.99 Å². The Balaban J connectivity index is 1.57. The number of guanidine groups is 1. The molecule has 6 nitrogen and oxygen atoms in total. The van der Waals surface area contributed by atoms with Crippen LogP contribution in [0.25, 0.3) is 11.3 Å². The third-order valence-corrected chi connectivity index (χ3v) is 3.85. The molecule has 0 aliphatic carbocycles. The average Bonchev–Trinajstić information content (AvgIpc) is 3.32. The fourth-order valence-electron chi connectivity index (χ4n) is 2.48. The normalized spacial score (nSPS) is 11.5. The van der Waals surface area contributed by atoms with Gasteiger partial charge in [-0.05, 0) is 26.0 Å². The smallest absolute Gasteiger partial charge is 0.216 e. The van der Waals surface area contributed by atoms with E-state index in [2.05, 4.69) is 39.7 Å². The standard InChI is InChI=1S/C20H24N4O2/c1-3-21-20(22-11-10-17-5-4-12-25-17)24-14-19-23-13-18(26-19)16-8-6-15(2)7-9-16/h4-9,12-13H,3,10-11,14H2,1-2H3,(H2,21,22,24). The molecule has 0 bridgehead atoms. The van der Waals surface area contributed by atoms with Crippen LogP contribution in [0.5, 0.6) is 0 Å². The molecule has 6 heteroatoms. The molecule has 0 spiro atoms. The minimum absolute atomic E-state index is 0.377. The van der Waals surface area contributed by atoms with Gasteiger partial charge in [-0.2, -0.15) is 0 Å². The van der Waals surface area contributed by atoms with Gasteiger partial charge in [0.1, 0.15) is 12.3 Å². The van der Waals surface area contributed by atoms with Crippen molar-refractivity contribution in [1.82, 2.24) is 15.6 Å². The van der Waals surface area contributed by atoms with Gasteiger partial charge >= 0.3 is 0 Å². The molecule has 0 saturated carbocycles. The number of aliphatic imine (C=N–C) groups is 1. The lowest BCUT2D eigenvalue weighted by Gasteiger charge is -2.09. The van der Waals surface area contributed by atoms with E-state index in [1.54, 1.807) is 12.5 Å². The molecule has 0 fully saturated rings. The van der Waals surface area contributed by atoms with Gasteiger partial charge in [0.05, 0.1) is 12.5 Å². The van der Waals surface area contributed by atoms with E-state index in [1.165, 1.54) is 5.56 Å². The maximum Gasteiger partial charge on any atom is 0.216 e. The molecule has 3 aromatic rings. The molecule has 3 rings (SSSR count). The molecule has 136 valence electrons. The molecular formula is C20H24N4O2. The van der Waals surface area contributed by atoms with Crippen molar-refractivity contribution < 1.29 is 8.83 Å². The minimum Gasteiger partial charge on any atom is -0.469 e. The Hall–Kier alpha value is -3.02. The second kappa shape index (κ2) is 8.89. The molecule has 0 aliphatic heterocycles. The summed E-state index contributed by atoms with van der Waals surface area (Å²) in [6, 6.07) is 12.0. The topological polar surface area (TPSA) is 75.6 Å². The largest absolute Gasteiger partial charge is 0.469 e. The number of furan rings is 1. The minimum atomic E-state index is 0.377. The van der Waals surface area contributed by atoms with E-state index in [1.807, 2.05) is 31.2 Å². The molecule has 0 unspecified atom stereocenters. The highest BCUT2D eigenvalue weighted by Gasteiger charge is 2.06. The van der Waals surface area contributed by atoms with Crippen molar-refractivity contribution in [2.45, 2.75) is 26.8 Å². The van der Waals surface area contributed by atoms with Crippen LogP contribution in [0.15, 0.2) is 62.7 Å². The van der Waals surface area contributed by atoms with Gasteiger partial charge in [0.25, 0.3) is 0 Å². The third kappa shape index (κ3) is 4.99. The lowest BCUT2D eigenvalue weighted by atomic mass is 10.1. The lowest BCUT2D eigenvalue weighted by Crippen LogP contribution is -2.38. The molecule has 0 radical (unpaired) electrons. The zero-order chi connectivity index (χ0) is 18.2. The number of aryl methyl sites for hydroxylation is 1. The Morgan fingerprint density at radius 2 is 2.00 bits per heavy atom. The van der Waals surface area contributed by atoms with Crippen molar-refractivity contribution in [3.05, 3.63) is 66.1 Å². The van der Waals surface area contributed by atoms with E-state index in [-0.39, 0.29) is 0 Å². The van der Waals surface area contributed by atoms with E-state index in [9.17, 15) is 0 Å². The van der Waals surface area contributed by atoms with E-state index in [0.717, 1.165) is 42.6 Å². The van der Waals surface area contributed by atoms with Crippen LogP contribution in [0.3, 0.4) is 0 Å². The summed E-state index contributed by atoms with van der Waals surface area (Å²) in [6.45, 7) is 5.99. The van der Waals surface area contributed by atoms with E-state index < -0.39 is 0 Å². The van der Waals surface area contributed by atoms with Gasteiger partial charge in [0.15, 0.2) is 11.7 Å². The van der Waals surface area contributed by atoms with Crippen molar-refractivity contribution in [1.29, 1.82) is 0 Å². The van der Waals surface area contributed by atoms with Crippen LogP contribution < -0.4 is 10.6 Å². The van der Waals surface area contributed by atoms with Crippen LogP contribution in [0.1, 0.15) is 24.1 Å². The predicted octanol–water partition coefficient (Wildman–Crippen LogP) is 3.54. The summed E-state index contributed by atoms with van der Waals surface area (Å²) in [5.74, 6) is 3.02. The monoisotopic (exact) mass is 352 g/mol. The number of hydrogen-bond acceptors (Lipinski definition) is 4. The number of hydrogen-bond donors (Lipinski definition) is 2. The van der Waals surface area contributed by atoms with Gasteiger partial charge in [0.2, 0.25) is 5.89 Å². The van der Waals surface area contributed by atoms with Crippen molar-refractivity contribution in [3.63, 3.8) is 0 Å². The molecule has 2 N–H and O–H groups in total. The van der Waals surface area contributed by atoms with Crippen LogP contribution in [-0.2, 0) is 13.0 Å². The summed E-state index contributed by atoms with van der Waals surface area (Å²) in [5.41, 5.74) is 2.23. The number of nitrogens with one attached hydrogen (secondary N) is 2. The Bertz CT molecular complexity index is 820. The fourth-order valence-corrected chi connectivity index (χ4v) is 2.48. The summed E-state index contributed by atoms with van der Waals surface area (Å²) < 4.78 is 11.1. The molecule has 0 amide bonds. The summed E-state index contributed by atoms with van der Waals surface area (Å²) in [4.78, 5) is 8.85. The second-order valence-electron chi connectivity index (χ2n) is 5.94. The summed E-state index contributed by atoms with van der Waals surface area (Å²) in [7, 11) is 0. The van der Waals surface area contributed by atoms with Crippen LogP contribution >= 0.6 is 0 Å². The Morgan fingerprint density at radius 3 is 2.73 bits per heavy atom. The molecule has 0 atom stereocenters. The number of nitrogens with zero attached hydrogens (tertiary/aromatic N) is 2. The summed E-state index contributed by atoms with van der Waals surface area (Å²) >= 11 is 0. The molecule has 26 heavy (non-hydrogen) atoms. The first-order chi connectivity index (χ1) is 12.7. The lowest BCUT2D eigenvalue weighted by molar-refractivity contribution is 0.504. The maximum absolute atomic E-state index is 5.81. The number of rotatable bonds is 7. The van der Waals surface area contributed by atoms with Crippen molar-refractivity contribution in [2.75, 3.05) is 13.1 Å². The van der Waals surface area contributed by atoms with Crippen LogP contribution in [0, 0.1) is 6.92 Å². The molecule has 2 heterocycles. The number of oxazole rings is 1. The van der Waals surface area contributed by atoms with Crippen molar-refractivity contribution in [3.8, 4) is 11.3 Å². The highest BCUT2D eigenvalue weighted by molar-refractivity contribution is 5.79. The SMILES string of the molecule is CCNC(=NCc1ncc(-c2ccc(C)cc2)o1)NCCc1ccco1. The fraction of sp³-hybridized carbons (Fsp3) is 0.300. The summed E-state index contributed by atoms with van der Waals surface area (Å²) in [5, 5.41) is 6.50. The van der Waals surface area contributed by atoms with E-state index in [0.29, 0.717) is 12.4 Å². The Kier molecular flexibility index (Phi) is 6.09. The first-order valence-electron chi connectivity index (χ1n) is 8.81. The number of benzene rings is 1. The zero-order valence-corrected chi connectivity index (χ0v) is 15.2. The Morgan fingerprint density at radius 1 is 1.15 bits per heavy atom. The third-order valence-electron chi connectivity index (χ3n) is 3.85. The van der Waals surface area contributed by atoms with Gasteiger partial charge < -0.3 is 19.5 Å². The number of aromatic nitrogens is 1. The molecular weight excluding hydrogens is 328 g/mol. The average molecular weight is 352 g/mol. The van der Waals surface area contributed by atoms with E-state index >= 15 is 0 Å². The first kappa shape index (κ1) is 17.8. The highest BCUT2D eigenvalue weighted by atomic mass is 16.4. The maximum atomic E-state index is 5.81. The molecule has 0 aliphatic rings. The van der Waals surface area contributed by atoms with Gasteiger partial charge in [-0.15, -0.1) is 0 Å².